The van der Waals surface area contributed by atoms with Crippen LogP contribution in [0.1, 0.15) is 10.4 Å². The van der Waals surface area contributed by atoms with Gasteiger partial charge in [0.15, 0.2) is 4.34 Å². The number of rotatable bonds is 3. The Hall–Kier alpha value is -2.25. The van der Waals surface area contributed by atoms with Gasteiger partial charge in [0.25, 0.3) is 5.69 Å². The van der Waals surface area contributed by atoms with Crippen molar-refractivity contribution in [1.82, 2.24) is 4.98 Å². The maximum atomic E-state index is 12.2. The number of carbonyl (C=O) groups excluding carboxylic acids is 1. The number of fused-ring (bicyclic) bond motifs is 1. The zero-order valence-electron chi connectivity index (χ0n) is 10.6. The Kier molecular flexibility index (Phi) is 3.68. The minimum Gasteiger partial charge on any atom is -0.281 e. The number of nitro benzene ring substituents is 1. The Labute approximate surface area is 127 Å². The SMILES string of the molecule is O=C(Sc1nc2ccccc2s1)c1ccccc1[N+](=O)[O-]. The van der Waals surface area contributed by atoms with Crippen LogP contribution in [0.25, 0.3) is 10.2 Å². The van der Waals surface area contributed by atoms with Gasteiger partial charge >= 0.3 is 0 Å². The maximum absolute atomic E-state index is 12.2. The van der Waals surface area contributed by atoms with E-state index in [-0.39, 0.29) is 16.4 Å². The van der Waals surface area contributed by atoms with E-state index in [1.807, 2.05) is 24.3 Å². The van der Waals surface area contributed by atoms with Gasteiger partial charge in [-0.05, 0) is 30.0 Å². The van der Waals surface area contributed by atoms with Crippen LogP contribution >= 0.6 is 23.1 Å². The van der Waals surface area contributed by atoms with Crippen LogP contribution in [0.4, 0.5) is 5.69 Å². The minimum atomic E-state index is -0.549. The second kappa shape index (κ2) is 5.63. The van der Waals surface area contributed by atoms with E-state index in [0.29, 0.717) is 4.34 Å². The number of hydrogen-bond acceptors (Lipinski definition) is 6. The molecule has 0 aliphatic heterocycles. The van der Waals surface area contributed by atoms with Crippen molar-refractivity contribution in [3.63, 3.8) is 0 Å². The third-order valence-electron chi connectivity index (χ3n) is 2.77. The molecule has 5 nitrogen and oxygen atoms in total. The van der Waals surface area contributed by atoms with Crippen LogP contribution in [0, 0.1) is 10.1 Å². The number of hydrogen-bond donors (Lipinski definition) is 0. The zero-order valence-corrected chi connectivity index (χ0v) is 12.2. The summed E-state index contributed by atoms with van der Waals surface area (Å²) in [7, 11) is 0. The lowest BCUT2D eigenvalue weighted by molar-refractivity contribution is -0.385. The van der Waals surface area contributed by atoms with E-state index >= 15 is 0 Å². The predicted molar refractivity (Wildman–Crippen MR) is 82.9 cm³/mol. The van der Waals surface area contributed by atoms with E-state index in [1.54, 1.807) is 6.07 Å². The molecule has 0 saturated carbocycles. The number of carbonyl (C=O) groups is 1. The van der Waals surface area contributed by atoms with E-state index in [2.05, 4.69) is 4.98 Å². The van der Waals surface area contributed by atoms with Crippen molar-refractivity contribution in [2.45, 2.75) is 4.34 Å². The highest BCUT2D eigenvalue weighted by molar-refractivity contribution is 8.15. The summed E-state index contributed by atoms with van der Waals surface area (Å²) in [4.78, 5) is 27.0. The number of para-hydroxylation sites is 2. The van der Waals surface area contributed by atoms with Crippen molar-refractivity contribution in [2.24, 2.45) is 0 Å². The summed E-state index contributed by atoms with van der Waals surface area (Å²) in [5.41, 5.74) is 0.725. The summed E-state index contributed by atoms with van der Waals surface area (Å²) in [6.45, 7) is 0. The first-order valence-electron chi connectivity index (χ1n) is 5.96. The van der Waals surface area contributed by atoms with Crippen LogP contribution in [-0.4, -0.2) is 15.0 Å². The first-order chi connectivity index (χ1) is 10.1. The molecule has 104 valence electrons. The fourth-order valence-electron chi connectivity index (χ4n) is 1.83. The van der Waals surface area contributed by atoms with Crippen molar-refractivity contribution in [2.75, 3.05) is 0 Å². The molecule has 0 aliphatic rings. The molecule has 0 amide bonds. The second-order valence-electron chi connectivity index (χ2n) is 4.11. The van der Waals surface area contributed by atoms with Crippen LogP contribution in [0.15, 0.2) is 52.9 Å². The van der Waals surface area contributed by atoms with Gasteiger partial charge in [0.05, 0.1) is 15.1 Å². The Morgan fingerprint density at radius 1 is 1.14 bits per heavy atom. The smallest absolute Gasteiger partial charge is 0.281 e. The van der Waals surface area contributed by atoms with Crippen LogP contribution in [0.5, 0.6) is 0 Å². The average Bonchev–Trinajstić information content (AvgIpc) is 2.89. The number of thiazole rings is 1. The standard InChI is InChI=1S/C14H8N2O3S2/c17-13(9-5-1-3-7-11(9)16(18)19)21-14-15-10-6-2-4-8-12(10)20-14/h1-8H. The highest BCUT2D eigenvalue weighted by atomic mass is 32.2. The molecule has 0 aliphatic carbocycles. The third kappa shape index (κ3) is 2.79. The van der Waals surface area contributed by atoms with Gasteiger partial charge in [-0.1, -0.05) is 24.3 Å². The Morgan fingerprint density at radius 2 is 1.86 bits per heavy atom. The largest absolute Gasteiger partial charge is 0.281 e. The number of benzene rings is 2. The molecular weight excluding hydrogens is 308 g/mol. The summed E-state index contributed by atoms with van der Waals surface area (Å²) in [6.07, 6.45) is 0. The molecule has 1 heterocycles. The van der Waals surface area contributed by atoms with Gasteiger partial charge in [-0.3, -0.25) is 14.9 Å². The molecule has 0 radical (unpaired) electrons. The van der Waals surface area contributed by atoms with Crippen molar-refractivity contribution in [3.8, 4) is 0 Å². The van der Waals surface area contributed by atoms with Crippen molar-refractivity contribution < 1.29 is 9.72 Å². The summed E-state index contributed by atoms with van der Waals surface area (Å²) in [6, 6.07) is 13.5. The van der Waals surface area contributed by atoms with Crippen LogP contribution < -0.4 is 0 Å². The first-order valence-corrected chi connectivity index (χ1v) is 7.59. The average molecular weight is 316 g/mol. The monoisotopic (exact) mass is 316 g/mol. The van der Waals surface area contributed by atoms with Crippen LogP contribution in [-0.2, 0) is 0 Å². The van der Waals surface area contributed by atoms with Gasteiger partial charge in [0.2, 0.25) is 5.12 Å². The summed E-state index contributed by atoms with van der Waals surface area (Å²) in [5, 5.41) is 10.6. The molecule has 0 N–H and O–H groups in total. The van der Waals surface area contributed by atoms with Gasteiger partial charge in [-0.15, -0.1) is 11.3 Å². The first kappa shape index (κ1) is 13.7. The van der Waals surface area contributed by atoms with Gasteiger partial charge in [-0.25, -0.2) is 4.98 Å². The van der Waals surface area contributed by atoms with Crippen molar-refractivity contribution in [1.29, 1.82) is 0 Å². The number of nitro groups is 1. The van der Waals surface area contributed by atoms with E-state index in [9.17, 15) is 14.9 Å². The lowest BCUT2D eigenvalue weighted by Crippen LogP contribution is -1.99. The van der Waals surface area contributed by atoms with Gasteiger partial charge < -0.3 is 0 Å². The van der Waals surface area contributed by atoms with Crippen molar-refractivity contribution in [3.05, 3.63) is 64.2 Å². The fraction of sp³-hybridized carbons (Fsp3) is 0. The normalized spacial score (nSPS) is 10.7. The molecule has 21 heavy (non-hydrogen) atoms. The molecule has 2 aromatic carbocycles. The molecule has 1 aromatic heterocycles. The molecule has 0 unspecified atom stereocenters. The lowest BCUT2D eigenvalue weighted by atomic mass is 10.2. The van der Waals surface area contributed by atoms with Crippen LogP contribution in [0.3, 0.4) is 0 Å². The number of thioether (sulfide) groups is 1. The maximum Gasteiger partial charge on any atom is 0.281 e. The van der Waals surface area contributed by atoms with E-state index < -0.39 is 4.92 Å². The topological polar surface area (TPSA) is 73.1 Å². The molecule has 3 rings (SSSR count). The molecule has 3 aromatic rings. The molecular formula is C14H8N2O3S2. The Bertz CT molecular complexity index is 812. The highest BCUT2D eigenvalue weighted by Crippen LogP contribution is 2.33. The number of nitrogens with zero attached hydrogens (tertiary/aromatic N) is 2. The summed E-state index contributed by atoms with van der Waals surface area (Å²) < 4.78 is 1.56. The molecule has 0 bridgehead atoms. The van der Waals surface area contributed by atoms with Gasteiger partial charge in [-0.2, -0.15) is 0 Å². The summed E-state index contributed by atoms with van der Waals surface area (Å²) >= 11 is 2.31. The van der Waals surface area contributed by atoms with Crippen LogP contribution in [0.2, 0.25) is 0 Å². The van der Waals surface area contributed by atoms with Crippen molar-refractivity contribution >= 4 is 44.1 Å². The van der Waals surface area contributed by atoms with E-state index in [4.69, 9.17) is 0 Å². The Morgan fingerprint density at radius 3 is 2.62 bits per heavy atom. The zero-order chi connectivity index (χ0) is 14.8. The quantitative estimate of drug-likeness (QED) is 0.412. The van der Waals surface area contributed by atoms with E-state index in [1.165, 1.54) is 29.5 Å². The molecule has 0 atom stereocenters. The Balaban J connectivity index is 1.91. The predicted octanol–water partition coefficient (Wildman–Crippen LogP) is 4.14. The molecule has 0 spiro atoms. The summed E-state index contributed by atoms with van der Waals surface area (Å²) in [5.74, 6) is 0. The molecule has 7 heteroatoms. The third-order valence-corrected chi connectivity index (χ3v) is 4.78. The van der Waals surface area contributed by atoms with E-state index in [0.717, 1.165) is 22.0 Å². The van der Waals surface area contributed by atoms with Gasteiger partial charge in [0.1, 0.15) is 5.56 Å². The fourth-order valence-corrected chi connectivity index (χ4v) is 3.78. The minimum absolute atomic E-state index is 0.0896. The highest BCUT2D eigenvalue weighted by Gasteiger charge is 2.21. The molecule has 0 fully saturated rings. The lowest BCUT2D eigenvalue weighted by Gasteiger charge is -1.99. The second-order valence-corrected chi connectivity index (χ2v) is 6.36. The van der Waals surface area contributed by atoms with Gasteiger partial charge in [0, 0.05) is 6.07 Å². The number of aromatic nitrogens is 1. The molecule has 0 saturated heterocycles.